The van der Waals surface area contributed by atoms with Crippen molar-refractivity contribution in [3.63, 3.8) is 0 Å². The zero-order chi connectivity index (χ0) is 36.0. The van der Waals surface area contributed by atoms with Crippen molar-refractivity contribution in [2.45, 2.75) is 117 Å². The van der Waals surface area contributed by atoms with Crippen molar-refractivity contribution in [3.05, 3.63) is 66.0 Å². The lowest BCUT2D eigenvalue weighted by atomic mass is 9.91. The van der Waals surface area contributed by atoms with Crippen LogP contribution in [0.5, 0.6) is 0 Å². The molecule has 2 bridgehead atoms. The molecule has 3 fully saturated rings. The summed E-state index contributed by atoms with van der Waals surface area (Å²) in [7, 11) is 1.43. The molecule has 1 aliphatic carbocycles. The summed E-state index contributed by atoms with van der Waals surface area (Å²) in [4.78, 5) is 39.3. The molecule has 272 valence electrons. The summed E-state index contributed by atoms with van der Waals surface area (Å²) < 4.78 is 4.98. The molecule has 2 saturated heterocycles. The minimum absolute atomic E-state index is 0.0239. The van der Waals surface area contributed by atoms with Gasteiger partial charge in [0.2, 0.25) is 5.91 Å². The highest BCUT2D eigenvalue weighted by atomic mass is 16.5. The van der Waals surface area contributed by atoms with E-state index in [1.54, 1.807) is 0 Å². The van der Waals surface area contributed by atoms with E-state index in [0.717, 1.165) is 49.1 Å². The lowest BCUT2D eigenvalue weighted by molar-refractivity contribution is -0.137. The van der Waals surface area contributed by atoms with E-state index >= 15 is 0 Å². The lowest BCUT2D eigenvalue weighted by Gasteiger charge is -2.43. The van der Waals surface area contributed by atoms with Gasteiger partial charge in [0.1, 0.15) is 5.82 Å². The highest BCUT2D eigenvalue weighted by Crippen LogP contribution is 2.51. The van der Waals surface area contributed by atoms with Crippen molar-refractivity contribution in [2.75, 3.05) is 13.7 Å². The minimum Gasteiger partial charge on any atom is -0.453 e. The second-order valence-electron chi connectivity index (χ2n) is 16.2. The molecular formula is C43H57N5O3. The Morgan fingerprint density at radius 3 is 2.47 bits per heavy atom. The fourth-order valence-corrected chi connectivity index (χ4v) is 9.61. The van der Waals surface area contributed by atoms with Crippen LogP contribution >= 0.6 is 0 Å². The number of amides is 2. The number of aromatic nitrogens is 2. The standard InChI is InChI=1S/C43H57N5O3/c1-8-26(4)27(5)42(49)47-19-9-10-35(47)21-29-11-12-31-22-32(14-13-30(31)20-29)33-16-18-37-38(24-33)45-41(44-37)40-34-15-17-36(23-34)48(40)28(6)39(25(2)3)46-43(50)51-7/h11-14,16,18,20,22,24-28,34-36,39-40H,8-10,15,17,19,21,23H2,1-7H3,(H,44,45)(H,46,50)/t26-,27-,28?,34+,35-,36-,39-,40-/m0/s1. The number of alkyl carbamates (subject to hydrolysis) is 1. The van der Waals surface area contributed by atoms with Crippen LogP contribution in [-0.2, 0) is 16.0 Å². The van der Waals surface area contributed by atoms with Crippen LogP contribution in [-0.4, -0.2) is 69.6 Å². The number of likely N-dealkylation sites (tertiary alicyclic amines) is 2. The van der Waals surface area contributed by atoms with Gasteiger partial charge in [0, 0.05) is 36.6 Å². The van der Waals surface area contributed by atoms with Crippen LogP contribution in [0.25, 0.3) is 32.9 Å². The fourth-order valence-electron chi connectivity index (χ4n) is 9.61. The van der Waals surface area contributed by atoms with Gasteiger partial charge >= 0.3 is 6.09 Å². The predicted octanol–water partition coefficient (Wildman–Crippen LogP) is 8.89. The number of hydrogen-bond acceptors (Lipinski definition) is 5. The number of hydrogen-bond donors (Lipinski definition) is 2. The summed E-state index contributed by atoms with van der Waals surface area (Å²) in [6, 6.07) is 21.2. The molecule has 8 atom stereocenters. The van der Waals surface area contributed by atoms with E-state index in [4.69, 9.17) is 9.72 Å². The van der Waals surface area contributed by atoms with E-state index in [1.807, 2.05) is 0 Å². The molecule has 3 heterocycles. The van der Waals surface area contributed by atoms with Crippen LogP contribution in [0.4, 0.5) is 4.79 Å². The number of imidazole rings is 1. The van der Waals surface area contributed by atoms with Crippen LogP contribution < -0.4 is 5.32 Å². The molecule has 3 aliphatic rings. The second-order valence-corrected chi connectivity index (χ2v) is 16.2. The molecule has 8 nitrogen and oxygen atoms in total. The van der Waals surface area contributed by atoms with Gasteiger partial charge in [0.15, 0.2) is 0 Å². The molecule has 3 aromatic carbocycles. The van der Waals surface area contributed by atoms with E-state index in [1.165, 1.54) is 53.8 Å². The Balaban J connectivity index is 1.09. The maximum Gasteiger partial charge on any atom is 0.407 e. The third kappa shape index (κ3) is 6.88. The minimum atomic E-state index is -0.373. The van der Waals surface area contributed by atoms with Crippen molar-refractivity contribution in [2.24, 2.45) is 23.7 Å². The van der Waals surface area contributed by atoms with Gasteiger partial charge in [-0.05, 0) is 109 Å². The zero-order valence-electron chi connectivity index (χ0n) is 31.6. The van der Waals surface area contributed by atoms with Crippen molar-refractivity contribution in [1.29, 1.82) is 0 Å². The number of nitrogens with zero attached hydrogens (tertiary/aromatic N) is 3. The number of fused-ring (bicyclic) bond motifs is 4. The molecule has 7 rings (SSSR count). The number of carbonyl (C=O) groups is 2. The molecule has 0 radical (unpaired) electrons. The SMILES string of the molecule is CC[C@H](C)[C@H](C)C(=O)N1CCC[C@H]1Cc1ccc2cc(-c3ccc4nc([C@@H]5[C@@H]6CC[C@@H](C6)N5C(C)[C@@H](NC(=O)OC)C(C)C)[nH]c4c3)ccc2c1. The van der Waals surface area contributed by atoms with Crippen molar-refractivity contribution >= 4 is 33.8 Å². The highest BCUT2D eigenvalue weighted by molar-refractivity contribution is 5.90. The number of carbonyl (C=O) groups excluding carboxylic acids is 2. The third-order valence-electron chi connectivity index (χ3n) is 12.8. The van der Waals surface area contributed by atoms with E-state index in [0.29, 0.717) is 23.8 Å². The van der Waals surface area contributed by atoms with Crippen molar-refractivity contribution in [1.82, 2.24) is 25.1 Å². The van der Waals surface area contributed by atoms with Crippen molar-refractivity contribution in [3.8, 4) is 11.1 Å². The van der Waals surface area contributed by atoms with E-state index in [-0.39, 0.29) is 42.1 Å². The average Bonchev–Trinajstić information content (AvgIpc) is 3.96. The van der Waals surface area contributed by atoms with Crippen LogP contribution in [0.15, 0.2) is 54.6 Å². The largest absolute Gasteiger partial charge is 0.453 e. The number of rotatable bonds is 11. The van der Waals surface area contributed by atoms with E-state index < -0.39 is 0 Å². The maximum atomic E-state index is 13.3. The number of methoxy groups -OCH3 is 1. The molecule has 1 saturated carbocycles. The molecule has 2 aliphatic heterocycles. The molecule has 1 aromatic heterocycles. The molecule has 8 heteroatoms. The Hall–Kier alpha value is -3.91. The Morgan fingerprint density at radius 2 is 1.71 bits per heavy atom. The lowest BCUT2D eigenvalue weighted by Crippen LogP contribution is -2.55. The van der Waals surface area contributed by atoms with Gasteiger partial charge in [-0.15, -0.1) is 0 Å². The first-order valence-electron chi connectivity index (χ1n) is 19.5. The zero-order valence-corrected chi connectivity index (χ0v) is 31.6. The molecule has 4 aromatic rings. The number of H-pyrrole nitrogens is 1. The van der Waals surface area contributed by atoms with Gasteiger partial charge in [-0.2, -0.15) is 0 Å². The summed E-state index contributed by atoms with van der Waals surface area (Å²) in [6.07, 6.45) is 7.33. The van der Waals surface area contributed by atoms with E-state index in [2.05, 4.69) is 116 Å². The van der Waals surface area contributed by atoms with Crippen LogP contribution in [0.1, 0.15) is 97.5 Å². The van der Waals surface area contributed by atoms with Gasteiger partial charge in [-0.1, -0.05) is 77.4 Å². The highest BCUT2D eigenvalue weighted by Gasteiger charge is 2.51. The molecule has 2 amide bonds. The van der Waals surface area contributed by atoms with Crippen LogP contribution in [0.2, 0.25) is 0 Å². The Kier molecular flexibility index (Phi) is 10.2. The van der Waals surface area contributed by atoms with Crippen LogP contribution in [0.3, 0.4) is 0 Å². The molecule has 2 N–H and O–H groups in total. The average molecular weight is 692 g/mol. The van der Waals surface area contributed by atoms with Gasteiger partial charge in [0.05, 0.1) is 24.2 Å². The number of nitrogens with one attached hydrogen (secondary N) is 2. The predicted molar refractivity (Wildman–Crippen MR) is 205 cm³/mol. The number of piperidine rings is 1. The van der Waals surface area contributed by atoms with E-state index in [9.17, 15) is 9.59 Å². The Labute approximate surface area is 303 Å². The number of aromatic amines is 1. The first kappa shape index (κ1) is 35.5. The maximum absolute atomic E-state index is 13.3. The van der Waals surface area contributed by atoms with Gasteiger partial charge in [-0.25, -0.2) is 9.78 Å². The second kappa shape index (κ2) is 14.6. The van der Waals surface area contributed by atoms with Gasteiger partial charge in [0.25, 0.3) is 0 Å². The van der Waals surface area contributed by atoms with Crippen LogP contribution in [0, 0.1) is 23.7 Å². The Morgan fingerprint density at radius 1 is 0.961 bits per heavy atom. The monoisotopic (exact) mass is 691 g/mol. The summed E-state index contributed by atoms with van der Waals surface area (Å²) >= 11 is 0. The third-order valence-corrected chi connectivity index (χ3v) is 12.8. The topological polar surface area (TPSA) is 90.6 Å². The van der Waals surface area contributed by atoms with Crippen molar-refractivity contribution < 1.29 is 14.3 Å². The first-order chi connectivity index (χ1) is 24.6. The summed E-state index contributed by atoms with van der Waals surface area (Å²) in [5.74, 6) is 2.67. The van der Waals surface area contributed by atoms with Gasteiger partial charge in [-0.3, -0.25) is 9.69 Å². The first-order valence-corrected chi connectivity index (χ1v) is 19.5. The Bertz CT molecular complexity index is 1880. The normalized spacial score (nSPS) is 24.4. The molecule has 0 spiro atoms. The fraction of sp³-hybridized carbons (Fsp3) is 0.558. The smallest absolute Gasteiger partial charge is 0.407 e. The summed E-state index contributed by atoms with van der Waals surface area (Å²) in [5, 5.41) is 5.58. The number of benzene rings is 3. The van der Waals surface area contributed by atoms with Gasteiger partial charge < -0.3 is 19.9 Å². The summed E-state index contributed by atoms with van der Waals surface area (Å²) in [5.41, 5.74) is 5.69. The molecule has 51 heavy (non-hydrogen) atoms. The molecule has 1 unspecified atom stereocenters. The number of ether oxygens (including phenoxy) is 1. The summed E-state index contributed by atoms with van der Waals surface area (Å²) in [6.45, 7) is 13.9. The quantitative estimate of drug-likeness (QED) is 0.164. The molecular weight excluding hydrogens is 635 g/mol.